The molecule has 0 fully saturated rings. The van der Waals surface area contributed by atoms with Crippen molar-refractivity contribution in [3.8, 4) is 5.75 Å². The van der Waals surface area contributed by atoms with Gasteiger partial charge in [0.2, 0.25) is 0 Å². The van der Waals surface area contributed by atoms with Crippen molar-refractivity contribution >= 4 is 23.2 Å². The van der Waals surface area contributed by atoms with E-state index in [1.807, 2.05) is 30.3 Å². The minimum atomic E-state index is -0.156. The lowest BCUT2D eigenvalue weighted by Crippen LogP contribution is -2.31. The Hall–Kier alpha value is -2.20. The van der Waals surface area contributed by atoms with Crippen LogP contribution in [0, 0.1) is 0 Å². The molecule has 4 nitrogen and oxygen atoms in total. The molecule has 0 aliphatic rings. The molecule has 1 amide bonds. The highest BCUT2D eigenvalue weighted by Crippen LogP contribution is 2.20. The number of benzene rings is 2. The molecule has 0 aliphatic carbocycles. The van der Waals surface area contributed by atoms with E-state index in [-0.39, 0.29) is 5.91 Å². The molecule has 0 aliphatic heterocycles. The number of hydrogen-bond acceptors (Lipinski definition) is 3. The standard InChI is InChI=1S/C16H17ClN2O2/c1-19(9-10-21-13-5-3-2-4-6-13)16(20)14-8-7-12(18)11-15(14)17/h2-8,11H,9-10,18H2,1H3. The van der Waals surface area contributed by atoms with E-state index in [0.717, 1.165) is 5.75 Å². The van der Waals surface area contributed by atoms with Crippen LogP contribution in [-0.4, -0.2) is 31.0 Å². The van der Waals surface area contributed by atoms with Crippen molar-refractivity contribution < 1.29 is 9.53 Å². The third kappa shape index (κ3) is 4.13. The van der Waals surface area contributed by atoms with E-state index in [0.29, 0.717) is 29.4 Å². The number of para-hydroxylation sites is 1. The van der Waals surface area contributed by atoms with Crippen molar-refractivity contribution in [3.05, 3.63) is 59.1 Å². The summed E-state index contributed by atoms with van der Waals surface area (Å²) in [4.78, 5) is 13.8. The van der Waals surface area contributed by atoms with Gasteiger partial charge in [-0.2, -0.15) is 0 Å². The van der Waals surface area contributed by atoms with E-state index in [9.17, 15) is 4.79 Å². The van der Waals surface area contributed by atoms with E-state index in [1.165, 1.54) is 0 Å². The molecule has 2 N–H and O–H groups in total. The number of nitrogens with zero attached hydrogens (tertiary/aromatic N) is 1. The molecule has 0 spiro atoms. The van der Waals surface area contributed by atoms with Crippen molar-refractivity contribution in [3.63, 3.8) is 0 Å². The molecule has 21 heavy (non-hydrogen) atoms. The second-order valence-corrected chi connectivity index (χ2v) is 5.03. The van der Waals surface area contributed by atoms with Crippen LogP contribution in [0.5, 0.6) is 5.75 Å². The topological polar surface area (TPSA) is 55.6 Å². The fourth-order valence-electron chi connectivity index (χ4n) is 1.83. The number of hydrogen-bond donors (Lipinski definition) is 1. The van der Waals surface area contributed by atoms with Gasteiger partial charge in [-0.25, -0.2) is 0 Å². The molecule has 0 bridgehead atoms. The third-order valence-corrected chi connectivity index (χ3v) is 3.32. The Morgan fingerprint density at radius 1 is 1.24 bits per heavy atom. The highest BCUT2D eigenvalue weighted by atomic mass is 35.5. The number of amides is 1. The molecule has 2 aromatic carbocycles. The summed E-state index contributed by atoms with van der Waals surface area (Å²) >= 11 is 6.04. The van der Waals surface area contributed by atoms with Crippen molar-refractivity contribution in [1.29, 1.82) is 0 Å². The number of nitrogen functional groups attached to an aromatic ring is 1. The normalized spacial score (nSPS) is 10.2. The van der Waals surface area contributed by atoms with Crippen LogP contribution < -0.4 is 10.5 Å². The van der Waals surface area contributed by atoms with E-state index in [4.69, 9.17) is 22.1 Å². The predicted molar refractivity (Wildman–Crippen MR) is 84.8 cm³/mol. The van der Waals surface area contributed by atoms with Crippen LogP contribution in [0.25, 0.3) is 0 Å². The number of carbonyl (C=O) groups is 1. The SMILES string of the molecule is CN(CCOc1ccccc1)C(=O)c1ccc(N)cc1Cl. The fraction of sp³-hybridized carbons (Fsp3) is 0.188. The minimum absolute atomic E-state index is 0.156. The fourth-order valence-corrected chi connectivity index (χ4v) is 2.10. The zero-order valence-corrected chi connectivity index (χ0v) is 12.5. The first-order valence-electron chi connectivity index (χ1n) is 6.56. The Balaban J connectivity index is 1.90. The summed E-state index contributed by atoms with van der Waals surface area (Å²) in [5.74, 6) is 0.625. The van der Waals surface area contributed by atoms with Gasteiger partial charge >= 0.3 is 0 Å². The zero-order chi connectivity index (χ0) is 15.2. The molecule has 0 atom stereocenters. The maximum absolute atomic E-state index is 12.3. The molecule has 0 unspecified atom stereocenters. The van der Waals surface area contributed by atoms with Crippen molar-refractivity contribution in [2.45, 2.75) is 0 Å². The van der Waals surface area contributed by atoms with Gasteiger partial charge in [0.15, 0.2) is 0 Å². The Bertz CT molecular complexity index is 617. The second kappa shape index (κ2) is 6.99. The first-order valence-corrected chi connectivity index (χ1v) is 6.94. The molecule has 0 aromatic heterocycles. The van der Waals surface area contributed by atoms with Crippen LogP contribution in [0.1, 0.15) is 10.4 Å². The van der Waals surface area contributed by atoms with Gasteiger partial charge in [-0.05, 0) is 30.3 Å². The van der Waals surface area contributed by atoms with E-state index < -0.39 is 0 Å². The molecule has 0 saturated heterocycles. The summed E-state index contributed by atoms with van der Waals surface area (Å²) in [6, 6.07) is 14.3. The van der Waals surface area contributed by atoms with Crippen molar-refractivity contribution in [1.82, 2.24) is 4.90 Å². The molecular weight excluding hydrogens is 288 g/mol. The largest absolute Gasteiger partial charge is 0.492 e. The van der Waals surface area contributed by atoms with E-state index in [2.05, 4.69) is 0 Å². The monoisotopic (exact) mass is 304 g/mol. The van der Waals surface area contributed by atoms with Gasteiger partial charge in [0.25, 0.3) is 5.91 Å². The lowest BCUT2D eigenvalue weighted by Gasteiger charge is -2.18. The van der Waals surface area contributed by atoms with Crippen molar-refractivity contribution in [2.24, 2.45) is 0 Å². The predicted octanol–water partition coefficient (Wildman–Crippen LogP) is 3.07. The van der Waals surface area contributed by atoms with Gasteiger partial charge < -0.3 is 15.4 Å². The Kier molecular flexibility index (Phi) is 5.06. The maximum atomic E-state index is 12.3. The summed E-state index contributed by atoms with van der Waals surface area (Å²) in [6.45, 7) is 0.882. The Morgan fingerprint density at radius 3 is 2.62 bits per heavy atom. The smallest absolute Gasteiger partial charge is 0.255 e. The molecule has 0 radical (unpaired) electrons. The average Bonchev–Trinajstić information content (AvgIpc) is 2.47. The lowest BCUT2D eigenvalue weighted by atomic mass is 10.2. The van der Waals surface area contributed by atoms with Crippen molar-refractivity contribution in [2.75, 3.05) is 25.9 Å². The number of anilines is 1. The number of rotatable bonds is 5. The summed E-state index contributed by atoms with van der Waals surface area (Å²) in [6.07, 6.45) is 0. The van der Waals surface area contributed by atoms with Gasteiger partial charge in [0.1, 0.15) is 12.4 Å². The number of likely N-dealkylation sites (N-methyl/N-ethyl adjacent to an activating group) is 1. The average molecular weight is 305 g/mol. The van der Waals surface area contributed by atoms with Crippen LogP contribution in [0.2, 0.25) is 5.02 Å². The minimum Gasteiger partial charge on any atom is -0.492 e. The van der Waals surface area contributed by atoms with E-state index in [1.54, 1.807) is 30.1 Å². The number of ether oxygens (including phenoxy) is 1. The van der Waals surface area contributed by atoms with Crippen LogP contribution in [0.15, 0.2) is 48.5 Å². The highest BCUT2D eigenvalue weighted by Gasteiger charge is 2.15. The molecule has 5 heteroatoms. The molecule has 0 saturated carbocycles. The van der Waals surface area contributed by atoms with Crippen LogP contribution >= 0.6 is 11.6 Å². The summed E-state index contributed by atoms with van der Waals surface area (Å²) in [5.41, 5.74) is 6.59. The zero-order valence-electron chi connectivity index (χ0n) is 11.8. The molecular formula is C16H17ClN2O2. The Morgan fingerprint density at radius 2 is 1.95 bits per heavy atom. The molecule has 110 valence electrons. The number of nitrogens with two attached hydrogens (primary N) is 1. The summed E-state index contributed by atoms with van der Waals surface area (Å²) in [5, 5.41) is 0.357. The first kappa shape index (κ1) is 15.2. The van der Waals surface area contributed by atoms with Gasteiger partial charge in [0, 0.05) is 12.7 Å². The second-order valence-electron chi connectivity index (χ2n) is 4.63. The van der Waals surface area contributed by atoms with Gasteiger partial charge in [-0.3, -0.25) is 4.79 Å². The van der Waals surface area contributed by atoms with Gasteiger partial charge in [0.05, 0.1) is 17.1 Å². The Labute approximate surface area is 129 Å². The van der Waals surface area contributed by atoms with E-state index >= 15 is 0 Å². The third-order valence-electron chi connectivity index (χ3n) is 3.01. The maximum Gasteiger partial charge on any atom is 0.255 e. The molecule has 2 aromatic rings. The lowest BCUT2D eigenvalue weighted by molar-refractivity contribution is 0.0774. The van der Waals surface area contributed by atoms with Crippen LogP contribution in [0.4, 0.5) is 5.69 Å². The first-order chi connectivity index (χ1) is 10.1. The number of carbonyl (C=O) groups excluding carboxylic acids is 1. The van der Waals surface area contributed by atoms with Gasteiger partial charge in [-0.15, -0.1) is 0 Å². The van der Waals surface area contributed by atoms with Gasteiger partial charge in [-0.1, -0.05) is 29.8 Å². The molecule has 0 heterocycles. The summed E-state index contributed by atoms with van der Waals surface area (Å²) in [7, 11) is 1.71. The highest BCUT2D eigenvalue weighted by molar-refractivity contribution is 6.34. The van der Waals surface area contributed by atoms with Crippen LogP contribution in [-0.2, 0) is 0 Å². The number of halogens is 1. The molecule has 2 rings (SSSR count). The summed E-state index contributed by atoms with van der Waals surface area (Å²) < 4.78 is 5.57. The quantitative estimate of drug-likeness (QED) is 0.864. The van der Waals surface area contributed by atoms with Crippen LogP contribution in [0.3, 0.4) is 0 Å².